The molecule has 0 unspecified atom stereocenters. The average molecular weight is 290 g/mol. The minimum absolute atomic E-state index is 0.708. The van der Waals surface area contributed by atoms with Crippen molar-refractivity contribution in [3.63, 3.8) is 0 Å². The summed E-state index contributed by atoms with van der Waals surface area (Å²) in [7, 11) is 0. The number of hydrogen-bond donors (Lipinski definition) is 1. The summed E-state index contributed by atoms with van der Waals surface area (Å²) in [5, 5.41) is 2.59. The topological polar surface area (TPSA) is 15.8 Å². The van der Waals surface area contributed by atoms with Crippen LogP contribution in [0.15, 0.2) is 36.4 Å². The van der Waals surface area contributed by atoms with E-state index in [4.69, 9.17) is 23.2 Å². The SMILES string of the molecule is Cc1ccc(-c2cc3cc(C)[nH]c3cc2Cl)c(Cl)c1. The van der Waals surface area contributed by atoms with Gasteiger partial charge in [-0.25, -0.2) is 0 Å². The number of hydrogen-bond acceptors (Lipinski definition) is 0. The van der Waals surface area contributed by atoms with Gasteiger partial charge in [-0.2, -0.15) is 0 Å². The van der Waals surface area contributed by atoms with Gasteiger partial charge in [-0.15, -0.1) is 0 Å². The van der Waals surface area contributed by atoms with Gasteiger partial charge in [-0.1, -0.05) is 35.3 Å². The molecule has 3 heteroatoms. The molecule has 19 heavy (non-hydrogen) atoms. The van der Waals surface area contributed by atoms with Crippen LogP contribution < -0.4 is 0 Å². The lowest BCUT2D eigenvalue weighted by molar-refractivity contribution is 1.30. The van der Waals surface area contributed by atoms with Crippen LogP contribution in [0.3, 0.4) is 0 Å². The lowest BCUT2D eigenvalue weighted by Gasteiger charge is -2.08. The van der Waals surface area contributed by atoms with Crippen molar-refractivity contribution >= 4 is 34.1 Å². The highest BCUT2D eigenvalue weighted by atomic mass is 35.5. The van der Waals surface area contributed by atoms with Crippen molar-refractivity contribution in [2.45, 2.75) is 13.8 Å². The molecular weight excluding hydrogens is 277 g/mol. The first kappa shape index (κ1) is 12.6. The van der Waals surface area contributed by atoms with Gasteiger partial charge in [-0.05, 0) is 43.7 Å². The van der Waals surface area contributed by atoms with Gasteiger partial charge < -0.3 is 4.98 Å². The summed E-state index contributed by atoms with van der Waals surface area (Å²) in [6, 6.07) is 12.2. The van der Waals surface area contributed by atoms with E-state index in [1.807, 2.05) is 38.1 Å². The Balaban J connectivity index is 2.26. The molecule has 96 valence electrons. The van der Waals surface area contributed by atoms with Crippen molar-refractivity contribution in [3.05, 3.63) is 57.7 Å². The van der Waals surface area contributed by atoms with E-state index in [0.717, 1.165) is 38.3 Å². The Morgan fingerprint density at radius 3 is 2.32 bits per heavy atom. The summed E-state index contributed by atoms with van der Waals surface area (Å²) in [5.41, 5.74) is 5.26. The van der Waals surface area contributed by atoms with Crippen LogP contribution in [0, 0.1) is 13.8 Å². The smallest absolute Gasteiger partial charge is 0.0506 e. The Kier molecular flexibility index (Phi) is 3.04. The Bertz CT molecular complexity index is 772. The molecule has 1 heterocycles. The molecule has 3 rings (SSSR count). The summed E-state index contributed by atoms with van der Waals surface area (Å²) < 4.78 is 0. The van der Waals surface area contributed by atoms with Gasteiger partial charge in [0.2, 0.25) is 0 Å². The van der Waals surface area contributed by atoms with E-state index in [1.54, 1.807) is 0 Å². The van der Waals surface area contributed by atoms with Crippen molar-refractivity contribution in [3.8, 4) is 11.1 Å². The quantitative estimate of drug-likeness (QED) is 0.586. The van der Waals surface area contributed by atoms with Crippen LogP contribution in [0.1, 0.15) is 11.3 Å². The van der Waals surface area contributed by atoms with Crippen LogP contribution >= 0.6 is 23.2 Å². The zero-order valence-electron chi connectivity index (χ0n) is 10.7. The van der Waals surface area contributed by atoms with Crippen molar-refractivity contribution in [2.24, 2.45) is 0 Å². The fraction of sp³-hybridized carbons (Fsp3) is 0.125. The van der Waals surface area contributed by atoms with Crippen molar-refractivity contribution in [2.75, 3.05) is 0 Å². The molecule has 0 aliphatic rings. The fourth-order valence-corrected chi connectivity index (χ4v) is 2.95. The number of halogens is 2. The van der Waals surface area contributed by atoms with Crippen LogP contribution in [0.5, 0.6) is 0 Å². The van der Waals surface area contributed by atoms with Gasteiger partial charge >= 0.3 is 0 Å². The summed E-state index contributed by atoms with van der Waals surface area (Å²) >= 11 is 12.7. The third kappa shape index (κ3) is 2.24. The number of fused-ring (bicyclic) bond motifs is 1. The summed E-state index contributed by atoms with van der Waals surface area (Å²) in [5.74, 6) is 0. The molecule has 0 bridgehead atoms. The minimum atomic E-state index is 0.708. The first-order valence-corrected chi connectivity index (χ1v) is 6.85. The predicted octanol–water partition coefficient (Wildman–Crippen LogP) is 5.76. The normalized spacial score (nSPS) is 11.2. The molecular formula is C16H13Cl2N. The van der Waals surface area contributed by atoms with Crippen LogP contribution in [-0.2, 0) is 0 Å². The molecule has 0 saturated carbocycles. The number of aromatic amines is 1. The van der Waals surface area contributed by atoms with Gasteiger partial charge in [-0.3, -0.25) is 0 Å². The Hall–Kier alpha value is -1.44. The van der Waals surface area contributed by atoms with Crippen LogP contribution in [0.25, 0.3) is 22.0 Å². The van der Waals surface area contributed by atoms with Crippen molar-refractivity contribution in [1.29, 1.82) is 0 Å². The first-order chi connectivity index (χ1) is 9.04. The monoisotopic (exact) mass is 289 g/mol. The molecule has 1 nitrogen and oxygen atoms in total. The van der Waals surface area contributed by atoms with Crippen LogP contribution in [-0.4, -0.2) is 4.98 Å². The highest BCUT2D eigenvalue weighted by molar-refractivity contribution is 6.37. The standard InChI is InChI=1S/C16H13Cl2N/c1-9-3-4-12(14(17)5-9)13-7-11-6-10(2)19-16(11)8-15(13)18/h3-8,19H,1-2H3. The van der Waals surface area contributed by atoms with Crippen molar-refractivity contribution < 1.29 is 0 Å². The van der Waals surface area contributed by atoms with E-state index in [-0.39, 0.29) is 0 Å². The van der Waals surface area contributed by atoms with Crippen LogP contribution in [0.4, 0.5) is 0 Å². The summed E-state index contributed by atoms with van der Waals surface area (Å²) in [6.45, 7) is 4.06. The highest BCUT2D eigenvalue weighted by Gasteiger charge is 2.10. The number of rotatable bonds is 1. The molecule has 0 fully saturated rings. The first-order valence-electron chi connectivity index (χ1n) is 6.10. The van der Waals surface area contributed by atoms with E-state index in [9.17, 15) is 0 Å². The van der Waals surface area contributed by atoms with E-state index < -0.39 is 0 Å². The number of H-pyrrole nitrogens is 1. The summed E-state index contributed by atoms with van der Waals surface area (Å²) in [6.07, 6.45) is 0. The van der Waals surface area contributed by atoms with Gasteiger partial charge in [0.15, 0.2) is 0 Å². The number of nitrogens with one attached hydrogen (secondary N) is 1. The second kappa shape index (κ2) is 4.59. The third-order valence-corrected chi connectivity index (χ3v) is 3.88. The largest absolute Gasteiger partial charge is 0.359 e. The van der Waals surface area contributed by atoms with Gasteiger partial charge in [0.1, 0.15) is 0 Å². The van der Waals surface area contributed by atoms with E-state index >= 15 is 0 Å². The van der Waals surface area contributed by atoms with Crippen LogP contribution in [0.2, 0.25) is 10.0 Å². The minimum Gasteiger partial charge on any atom is -0.359 e. The number of aromatic nitrogens is 1. The second-order valence-corrected chi connectivity index (χ2v) is 5.67. The molecule has 0 atom stereocenters. The lowest BCUT2D eigenvalue weighted by Crippen LogP contribution is -1.83. The molecule has 0 radical (unpaired) electrons. The Labute approximate surface area is 122 Å². The summed E-state index contributed by atoms with van der Waals surface area (Å²) in [4.78, 5) is 3.28. The second-order valence-electron chi connectivity index (χ2n) is 4.85. The zero-order chi connectivity index (χ0) is 13.6. The molecule has 1 aromatic heterocycles. The molecule has 0 spiro atoms. The number of benzene rings is 2. The molecule has 3 aromatic rings. The zero-order valence-corrected chi connectivity index (χ0v) is 12.2. The van der Waals surface area contributed by atoms with E-state index in [2.05, 4.69) is 17.1 Å². The van der Waals surface area contributed by atoms with E-state index in [1.165, 1.54) is 0 Å². The Morgan fingerprint density at radius 1 is 0.842 bits per heavy atom. The van der Waals surface area contributed by atoms with Gasteiger partial charge in [0, 0.05) is 32.7 Å². The van der Waals surface area contributed by atoms with Gasteiger partial charge in [0.25, 0.3) is 0 Å². The maximum atomic E-state index is 6.38. The molecule has 0 aliphatic carbocycles. The molecule has 0 saturated heterocycles. The molecule has 2 aromatic carbocycles. The maximum absolute atomic E-state index is 6.38. The fourth-order valence-electron chi connectivity index (χ4n) is 2.34. The number of aryl methyl sites for hydroxylation is 2. The maximum Gasteiger partial charge on any atom is 0.0506 e. The average Bonchev–Trinajstić information content (AvgIpc) is 2.68. The van der Waals surface area contributed by atoms with E-state index in [0.29, 0.717) is 5.02 Å². The third-order valence-electron chi connectivity index (χ3n) is 3.26. The molecule has 0 aliphatic heterocycles. The molecule has 0 amide bonds. The van der Waals surface area contributed by atoms with Gasteiger partial charge in [0.05, 0.1) is 5.02 Å². The van der Waals surface area contributed by atoms with Crippen molar-refractivity contribution in [1.82, 2.24) is 4.98 Å². The Morgan fingerprint density at radius 2 is 1.58 bits per heavy atom. The lowest BCUT2D eigenvalue weighted by atomic mass is 10.0. The highest BCUT2D eigenvalue weighted by Crippen LogP contribution is 2.36. The predicted molar refractivity (Wildman–Crippen MR) is 83.2 cm³/mol. The molecule has 1 N–H and O–H groups in total.